The SMILES string of the molecule is Cc1nc2sc([C@@H](c3ccccc3F)[NH+]3CCC[C@H](C)C3)c(O)n2n1. The van der Waals surface area contributed by atoms with Crippen molar-refractivity contribution in [1.82, 2.24) is 14.6 Å². The van der Waals surface area contributed by atoms with Gasteiger partial charge in [-0.05, 0) is 31.9 Å². The van der Waals surface area contributed by atoms with Gasteiger partial charge in [-0.15, -0.1) is 5.10 Å². The van der Waals surface area contributed by atoms with Crippen LogP contribution in [0.1, 0.15) is 42.1 Å². The van der Waals surface area contributed by atoms with Gasteiger partial charge in [-0.2, -0.15) is 4.52 Å². The van der Waals surface area contributed by atoms with Gasteiger partial charge in [-0.3, -0.25) is 0 Å². The summed E-state index contributed by atoms with van der Waals surface area (Å²) in [5, 5.41) is 15.0. The Labute approximate surface area is 149 Å². The number of hydrogen-bond acceptors (Lipinski definition) is 4. The van der Waals surface area contributed by atoms with Gasteiger partial charge < -0.3 is 10.0 Å². The molecule has 1 aliphatic heterocycles. The molecule has 0 radical (unpaired) electrons. The van der Waals surface area contributed by atoms with E-state index >= 15 is 0 Å². The lowest BCUT2D eigenvalue weighted by Gasteiger charge is -2.34. The number of aryl methyl sites for hydroxylation is 1. The molecule has 0 amide bonds. The number of nitrogens with zero attached hydrogens (tertiary/aromatic N) is 3. The molecule has 1 saturated heterocycles. The molecule has 132 valence electrons. The van der Waals surface area contributed by atoms with Crippen molar-refractivity contribution in [2.24, 2.45) is 5.92 Å². The zero-order valence-electron chi connectivity index (χ0n) is 14.4. The van der Waals surface area contributed by atoms with Crippen LogP contribution in [0, 0.1) is 18.7 Å². The van der Waals surface area contributed by atoms with E-state index in [-0.39, 0.29) is 17.7 Å². The van der Waals surface area contributed by atoms with E-state index in [9.17, 15) is 9.50 Å². The molecule has 1 unspecified atom stereocenters. The van der Waals surface area contributed by atoms with Crippen molar-refractivity contribution in [2.75, 3.05) is 13.1 Å². The first kappa shape index (κ1) is 16.5. The number of rotatable bonds is 3. The van der Waals surface area contributed by atoms with Crippen molar-refractivity contribution >= 4 is 16.3 Å². The molecule has 2 N–H and O–H groups in total. The van der Waals surface area contributed by atoms with Crippen LogP contribution in [0.5, 0.6) is 5.88 Å². The molecule has 1 aliphatic rings. The second-order valence-electron chi connectivity index (χ2n) is 6.96. The minimum atomic E-state index is -0.238. The van der Waals surface area contributed by atoms with Crippen molar-refractivity contribution < 1.29 is 14.4 Å². The topological polar surface area (TPSA) is 54.9 Å². The fourth-order valence-electron chi connectivity index (χ4n) is 3.88. The first-order valence-corrected chi connectivity index (χ1v) is 9.50. The highest BCUT2D eigenvalue weighted by Crippen LogP contribution is 2.36. The van der Waals surface area contributed by atoms with E-state index in [0.717, 1.165) is 24.4 Å². The number of nitrogens with one attached hydrogen (secondary N) is 1. The Balaban J connectivity index is 1.85. The molecule has 5 nitrogen and oxygen atoms in total. The number of piperidine rings is 1. The van der Waals surface area contributed by atoms with Crippen molar-refractivity contribution in [3.05, 3.63) is 46.3 Å². The highest BCUT2D eigenvalue weighted by molar-refractivity contribution is 7.17. The van der Waals surface area contributed by atoms with E-state index < -0.39 is 0 Å². The van der Waals surface area contributed by atoms with Gasteiger partial charge in [0.25, 0.3) is 0 Å². The second-order valence-corrected chi connectivity index (χ2v) is 7.97. The third-order valence-corrected chi connectivity index (χ3v) is 6.08. The Morgan fingerprint density at radius 1 is 1.40 bits per heavy atom. The maximum Gasteiger partial charge on any atom is 0.235 e. The van der Waals surface area contributed by atoms with Gasteiger partial charge in [0, 0.05) is 5.92 Å². The number of benzene rings is 1. The van der Waals surface area contributed by atoms with Crippen LogP contribution < -0.4 is 4.90 Å². The average molecular weight is 361 g/mol. The zero-order chi connectivity index (χ0) is 17.6. The maximum absolute atomic E-state index is 14.6. The minimum Gasteiger partial charge on any atom is -0.492 e. The van der Waals surface area contributed by atoms with Gasteiger partial charge in [-0.25, -0.2) is 9.37 Å². The van der Waals surface area contributed by atoms with E-state index in [4.69, 9.17) is 0 Å². The fraction of sp³-hybridized carbons (Fsp3) is 0.444. The number of fused-ring (bicyclic) bond motifs is 1. The van der Waals surface area contributed by atoms with E-state index in [1.165, 1.54) is 33.2 Å². The quantitative estimate of drug-likeness (QED) is 0.753. The molecule has 4 rings (SSSR count). The predicted octanol–water partition coefficient (Wildman–Crippen LogP) is 2.35. The Kier molecular flexibility index (Phi) is 4.21. The van der Waals surface area contributed by atoms with Crippen LogP contribution in [0.2, 0.25) is 0 Å². The largest absolute Gasteiger partial charge is 0.492 e. The van der Waals surface area contributed by atoms with Crippen LogP contribution in [-0.4, -0.2) is 32.8 Å². The van der Waals surface area contributed by atoms with Gasteiger partial charge in [0.2, 0.25) is 10.8 Å². The molecule has 7 heteroatoms. The number of aromatic hydroxyl groups is 1. The molecule has 0 spiro atoms. The number of hydrogen-bond donors (Lipinski definition) is 2. The number of likely N-dealkylation sites (tertiary alicyclic amines) is 1. The summed E-state index contributed by atoms with van der Waals surface area (Å²) >= 11 is 1.40. The molecule has 0 saturated carbocycles. The number of quaternary nitrogens is 1. The molecular formula is C18H22FN4OS+. The van der Waals surface area contributed by atoms with Crippen LogP contribution in [0.25, 0.3) is 4.96 Å². The van der Waals surface area contributed by atoms with Crippen LogP contribution in [0.4, 0.5) is 4.39 Å². The highest BCUT2D eigenvalue weighted by atomic mass is 32.1. The average Bonchev–Trinajstić information content (AvgIpc) is 3.08. The number of thiazole rings is 1. The summed E-state index contributed by atoms with van der Waals surface area (Å²) in [5.41, 5.74) is 0.628. The predicted molar refractivity (Wildman–Crippen MR) is 94.6 cm³/mol. The van der Waals surface area contributed by atoms with Gasteiger partial charge in [-0.1, -0.05) is 30.4 Å². The lowest BCUT2D eigenvalue weighted by molar-refractivity contribution is -0.933. The molecule has 3 heterocycles. The van der Waals surface area contributed by atoms with Crippen LogP contribution in [0.15, 0.2) is 24.3 Å². The van der Waals surface area contributed by atoms with E-state index in [1.54, 1.807) is 13.0 Å². The first-order chi connectivity index (χ1) is 12.0. The lowest BCUT2D eigenvalue weighted by Crippen LogP contribution is -3.13. The summed E-state index contributed by atoms with van der Waals surface area (Å²) in [6.45, 7) is 5.97. The van der Waals surface area contributed by atoms with Gasteiger partial charge >= 0.3 is 0 Å². The summed E-state index contributed by atoms with van der Waals surface area (Å²) in [4.78, 5) is 7.04. The van der Waals surface area contributed by atoms with Crippen LogP contribution in [0.3, 0.4) is 0 Å². The highest BCUT2D eigenvalue weighted by Gasteiger charge is 2.36. The van der Waals surface area contributed by atoms with Crippen molar-refractivity contribution in [3.8, 4) is 5.88 Å². The molecule has 0 bridgehead atoms. The normalized spacial score (nSPS) is 22.4. The van der Waals surface area contributed by atoms with E-state index in [0.29, 0.717) is 22.3 Å². The van der Waals surface area contributed by atoms with E-state index in [2.05, 4.69) is 17.0 Å². The van der Waals surface area contributed by atoms with Gasteiger partial charge in [0.1, 0.15) is 16.5 Å². The van der Waals surface area contributed by atoms with Crippen molar-refractivity contribution in [2.45, 2.75) is 32.7 Å². The second kappa shape index (κ2) is 6.38. The monoisotopic (exact) mass is 361 g/mol. The number of halogens is 1. The lowest BCUT2D eigenvalue weighted by atomic mass is 9.95. The molecule has 1 aromatic carbocycles. The first-order valence-electron chi connectivity index (χ1n) is 8.68. The van der Waals surface area contributed by atoms with E-state index in [1.807, 2.05) is 12.1 Å². The van der Waals surface area contributed by atoms with Crippen LogP contribution >= 0.6 is 11.3 Å². The molecule has 1 fully saturated rings. The number of aromatic nitrogens is 3. The summed E-state index contributed by atoms with van der Waals surface area (Å²) in [6, 6.07) is 6.64. The summed E-state index contributed by atoms with van der Waals surface area (Å²) < 4.78 is 16.1. The van der Waals surface area contributed by atoms with Crippen molar-refractivity contribution in [3.63, 3.8) is 0 Å². The standard InChI is InChI=1S/C18H21FN4OS/c1-11-6-5-9-22(10-11)15(13-7-3-4-8-14(13)19)16-17(24)23-18(25-16)20-12(2)21-23/h3-4,7-8,11,15,24H,5-6,9-10H2,1-2H3/p+1/t11-,15+/m0/s1. The van der Waals surface area contributed by atoms with Gasteiger partial charge in [0.05, 0.1) is 18.7 Å². The molecule has 25 heavy (non-hydrogen) atoms. The van der Waals surface area contributed by atoms with Crippen molar-refractivity contribution in [1.29, 1.82) is 0 Å². The maximum atomic E-state index is 14.6. The Morgan fingerprint density at radius 3 is 2.92 bits per heavy atom. The summed E-state index contributed by atoms with van der Waals surface area (Å²) in [6.07, 6.45) is 2.32. The molecule has 3 atom stereocenters. The summed E-state index contributed by atoms with van der Waals surface area (Å²) in [5.74, 6) is 1.06. The smallest absolute Gasteiger partial charge is 0.235 e. The Morgan fingerprint density at radius 2 is 2.20 bits per heavy atom. The zero-order valence-corrected chi connectivity index (χ0v) is 15.2. The molecular weight excluding hydrogens is 339 g/mol. The Bertz CT molecular complexity index is 906. The Hall–Kier alpha value is -1.99. The van der Waals surface area contributed by atoms with Crippen LogP contribution in [-0.2, 0) is 0 Å². The third kappa shape index (κ3) is 2.91. The summed E-state index contributed by atoms with van der Waals surface area (Å²) in [7, 11) is 0. The molecule has 2 aromatic heterocycles. The molecule has 0 aliphatic carbocycles. The third-order valence-electron chi connectivity index (χ3n) is 5.00. The molecule has 3 aromatic rings. The minimum absolute atomic E-state index is 0.0829. The van der Waals surface area contributed by atoms with Gasteiger partial charge in [0.15, 0.2) is 6.04 Å². The fourth-order valence-corrected chi connectivity index (χ4v) is 5.06.